The first-order valence-corrected chi connectivity index (χ1v) is 10.4. The van der Waals surface area contributed by atoms with Crippen molar-refractivity contribution < 1.29 is 23.5 Å². The number of nitrogens with zero attached hydrogens (tertiary/aromatic N) is 2. The van der Waals surface area contributed by atoms with Crippen molar-refractivity contribution in [3.8, 4) is 0 Å². The van der Waals surface area contributed by atoms with Crippen molar-refractivity contribution in [3.63, 3.8) is 0 Å². The molecular weight excluding hydrogens is 392 g/mol. The van der Waals surface area contributed by atoms with Crippen LogP contribution in [0.15, 0.2) is 53.1 Å². The molecule has 1 aliphatic heterocycles. The van der Waals surface area contributed by atoms with Crippen LogP contribution in [0.2, 0.25) is 0 Å². The molecule has 1 saturated heterocycles. The number of hydrogen-bond donors (Lipinski definition) is 0. The summed E-state index contributed by atoms with van der Waals surface area (Å²) in [6, 6.07) is 11.9. The van der Waals surface area contributed by atoms with Crippen LogP contribution in [0.5, 0.6) is 0 Å². The molecule has 2 atom stereocenters. The fourth-order valence-electron chi connectivity index (χ4n) is 3.34. The van der Waals surface area contributed by atoms with E-state index in [1.54, 1.807) is 17.0 Å². The van der Waals surface area contributed by atoms with Gasteiger partial charge in [-0.25, -0.2) is 4.79 Å². The number of anilines is 1. The summed E-state index contributed by atoms with van der Waals surface area (Å²) in [4.78, 5) is 40.6. The van der Waals surface area contributed by atoms with Crippen LogP contribution in [-0.2, 0) is 19.1 Å². The van der Waals surface area contributed by atoms with E-state index < -0.39 is 12.0 Å². The first kappa shape index (κ1) is 21.0. The molecule has 7 nitrogen and oxygen atoms in total. The lowest BCUT2D eigenvalue weighted by atomic mass is 10.2. The van der Waals surface area contributed by atoms with Gasteiger partial charge in [-0.1, -0.05) is 18.2 Å². The van der Waals surface area contributed by atoms with Gasteiger partial charge in [-0.2, -0.15) is 0 Å². The average Bonchev–Trinajstić information content (AvgIpc) is 3.36. The minimum Gasteiger partial charge on any atom is -0.466 e. The third-order valence-electron chi connectivity index (χ3n) is 4.58. The van der Waals surface area contributed by atoms with Crippen molar-refractivity contribution in [2.75, 3.05) is 17.3 Å². The van der Waals surface area contributed by atoms with E-state index in [0.717, 1.165) is 5.69 Å². The standard InChI is InChI=1S/C21H24N2O5S/c1-14(2)22(16-8-5-4-6-9-16)19(25)12-28-21(26)17-13-29-20(23(17)15(3)24)18-10-7-11-27-18/h4-11,14,17,20H,12-13H2,1-3H3/t17-,20-/m1/s1. The van der Waals surface area contributed by atoms with E-state index in [-0.39, 0.29) is 29.8 Å². The molecule has 2 amide bonds. The van der Waals surface area contributed by atoms with Gasteiger partial charge in [0.1, 0.15) is 17.2 Å². The Morgan fingerprint density at radius 3 is 2.52 bits per heavy atom. The number of carbonyl (C=O) groups is 3. The molecule has 0 bridgehead atoms. The van der Waals surface area contributed by atoms with Crippen molar-refractivity contribution in [3.05, 3.63) is 54.5 Å². The molecule has 1 aliphatic rings. The Hall–Kier alpha value is -2.74. The molecule has 2 aromatic rings. The number of benzene rings is 1. The number of amides is 2. The van der Waals surface area contributed by atoms with Crippen molar-refractivity contribution in [2.45, 2.75) is 38.2 Å². The molecule has 2 heterocycles. The van der Waals surface area contributed by atoms with E-state index in [9.17, 15) is 14.4 Å². The number of esters is 1. The number of ether oxygens (including phenoxy) is 1. The first-order chi connectivity index (χ1) is 13.9. The van der Waals surface area contributed by atoms with Gasteiger partial charge in [0, 0.05) is 24.4 Å². The van der Waals surface area contributed by atoms with Crippen LogP contribution in [0.3, 0.4) is 0 Å². The number of para-hydroxylation sites is 1. The normalized spacial score (nSPS) is 18.7. The highest BCUT2D eigenvalue weighted by Gasteiger charge is 2.43. The Morgan fingerprint density at radius 1 is 1.21 bits per heavy atom. The lowest BCUT2D eigenvalue weighted by molar-refractivity contribution is -0.156. The first-order valence-electron chi connectivity index (χ1n) is 9.37. The highest BCUT2D eigenvalue weighted by atomic mass is 32.2. The van der Waals surface area contributed by atoms with Crippen LogP contribution < -0.4 is 4.90 Å². The third-order valence-corrected chi connectivity index (χ3v) is 5.86. The summed E-state index contributed by atoms with van der Waals surface area (Å²) in [5.74, 6) is -0.177. The molecule has 154 valence electrons. The molecule has 1 aromatic heterocycles. The van der Waals surface area contributed by atoms with E-state index in [2.05, 4.69) is 0 Å². The summed E-state index contributed by atoms with van der Waals surface area (Å²) in [6.45, 7) is 4.81. The van der Waals surface area contributed by atoms with Gasteiger partial charge >= 0.3 is 5.97 Å². The average molecular weight is 416 g/mol. The predicted molar refractivity (Wildman–Crippen MR) is 110 cm³/mol. The number of thioether (sulfide) groups is 1. The molecule has 0 radical (unpaired) electrons. The molecule has 3 rings (SSSR count). The second-order valence-corrected chi connectivity index (χ2v) is 8.06. The second-order valence-electron chi connectivity index (χ2n) is 6.94. The van der Waals surface area contributed by atoms with Gasteiger partial charge in [-0.3, -0.25) is 9.59 Å². The van der Waals surface area contributed by atoms with Gasteiger partial charge in [0.15, 0.2) is 6.61 Å². The number of hydrogen-bond acceptors (Lipinski definition) is 6. The van der Waals surface area contributed by atoms with E-state index in [1.807, 2.05) is 44.2 Å². The lowest BCUT2D eigenvalue weighted by Gasteiger charge is -2.28. The quantitative estimate of drug-likeness (QED) is 0.673. The predicted octanol–water partition coefficient (Wildman–Crippen LogP) is 3.23. The van der Waals surface area contributed by atoms with Gasteiger partial charge < -0.3 is 19.0 Å². The maximum Gasteiger partial charge on any atom is 0.330 e. The van der Waals surface area contributed by atoms with Crippen LogP contribution in [-0.4, -0.2) is 47.1 Å². The van der Waals surface area contributed by atoms with E-state index in [0.29, 0.717) is 11.5 Å². The zero-order valence-corrected chi connectivity index (χ0v) is 17.4. The minimum absolute atomic E-state index is 0.0947. The summed E-state index contributed by atoms with van der Waals surface area (Å²) in [7, 11) is 0. The number of rotatable bonds is 6. The van der Waals surface area contributed by atoms with Crippen molar-refractivity contribution in [2.24, 2.45) is 0 Å². The van der Waals surface area contributed by atoms with Gasteiger partial charge in [0.2, 0.25) is 5.91 Å². The van der Waals surface area contributed by atoms with Crippen LogP contribution in [0, 0.1) is 0 Å². The highest BCUT2D eigenvalue weighted by molar-refractivity contribution is 7.99. The molecule has 29 heavy (non-hydrogen) atoms. The zero-order valence-electron chi connectivity index (χ0n) is 16.6. The molecule has 0 unspecified atom stereocenters. The molecule has 0 N–H and O–H groups in total. The van der Waals surface area contributed by atoms with Crippen LogP contribution in [0.1, 0.15) is 31.9 Å². The maximum atomic E-state index is 12.7. The van der Waals surface area contributed by atoms with Crippen molar-refractivity contribution >= 4 is 35.2 Å². The van der Waals surface area contributed by atoms with Gasteiger partial charge in [-0.05, 0) is 38.1 Å². The Morgan fingerprint density at radius 2 is 1.93 bits per heavy atom. The summed E-state index contributed by atoms with van der Waals surface area (Å²) < 4.78 is 10.7. The molecule has 1 fully saturated rings. The molecule has 8 heteroatoms. The molecule has 0 saturated carbocycles. The SMILES string of the molecule is CC(=O)N1[C@@H](C(=O)OCC(=O)N(c2ccccc2)C(C)C)CS[C@@H]1c1ccco1. The Balaban J connectivity index is 1.66. The van der Waals surface area contributed by atoms with Crippen molar-refractivity contribution in [1.82, 2.24) is 4.90 Å². The summed E-state index contributed by atoms with van der Waals surface area (Å²) in [6.07, 6.45) is 1.53. The monoisotopic (exact) mass is 416 g/mol. The Kier molecular flexibility index (Phi) is 6.64. The summed E-state index contributed by atoms with van der Waals surface area (Å²) in [5.41, 5.74) is 0.739. The van der Waals surface area contributed by atoms with Crippen molar-refractivity contribution in [1.29, 1.82) is 0 Å². The minimum atomic E-state index is -0.760. The maximum absolute atomic E-state index is 12.7. The van der Waals surface area contributed by atoms with E-state index >= 15 is 0 Å². The third kappa shape index (κ3) is 4.64. The van der Waals surface area contributed by atoms with E-state index in [1.165, 1.54) is 29.8 Å². The summed E-state index contributed by atoms with van der Waals surface area (Å²) >= 11 is 1.43. The number of carbonyl (C=O) groups excluding carboxylic acids is 3. The smallest absolute Gasteiger partial charge is 0.330 e. The second kappa shape index (κ2) is 9.17. The Labute approximate surface area is 174 Å². The van der Waals surface area contributed by atoms with Gasteiger partial charge in [0.05, 0.1) is 6.26 Å². The summed E-state index contributed by atoms with van der Waals surface area (Å²) in [5, 5.41) is -0.382. The molecular formula is C21H24N2O5S. The lowest BCUT2D eigenvalue weighted by Crippen LogP contribution is -2.45. The van der Waals surface area contributed by atoms with Crippen LogP contribution in [0.4, 0.5) is 5.69 Å². The topological polar surface area (TPSA) is 80.1 Å². The van der Waals surface area contributed by atoms with Crippen LogP contribution >= 0.6 is 11.8 Å². The Bertz CT molecular complexity index is 853. The molecule has 1 aromatic carbocycles. The van der Waals surface area contributed by atoms with E-state index in [4.69, 9.17) is 9.15 Å². The van der Waals surface area contributed by atoms with Crippen LogP contribution in [0.25, 0.3) is 0 Å². The fraction of sp³-hybridized carbons (Fsp3) is 0.381. The fourth-order valence-corrected chi connectivity index (χ4v) is 4.76. The number of furan rings is 1. The molecule has 0 spiro atoms. The largest absolute Gasteiger partial charge is 0.466 e. The molecule has 0 aliphatic carbocycles. The highest BCUT2D eigenvalue weighted by Crippen LogP contribution is 2.41. The zero-order chi connectivity index (χ0) is 21.0. The van der Waals surface area contributed by atoms with Gasteiger partial charge in [-0.15, -0.1) is 11.8 Å². The van der Waals surface area contributed by atoms with Gasteiger partial charge in [0.25, 0.3) is 5.91 Å².